The topological polar surface area (TPSA) is 99.8 Å². The van der Waals surface area contributed by atoms with Gasteiger partial charge in [0, 0.05) is 17.1 Å². The predicted molar refractivity (Wildman–Crippen MR) is 93.9 cm³/mol. The van der Waals surface area contributed by atoms with Gasteiger partial charge >= 0.3 is 6.03 Å². The van der Waals surface area contributed by atoms with Gasteiger partial charge in [-0.15, -0.1) is 5.10 Å². The Kier molecular flexibility index (Phi) is 6.62. The lowest BCUT2D eigenvalue weighted by Crippen LogP contribution is -2.41. The molecule has 0 bridgehead atoms. The summed E-state index contributed by atoms with van der Waals surface area (Å²) in [5.74, 6) is 0.552. The van der Waals surface area contributed by atoms with E-state index in [0.29, 0.717) is 28.5 Å². The van der Waals surface area contributed by atoms with E-state index in [9.17, 15) is 9.59 Å². The molecule has 128 valence electrons. The summed E-state index contributed by atoms with van der Waals surface area (Å²) in [7, 11) is 0. The molecule has 0 spiro atoms. The fourth-order valence-electron chi connectivity index (χ4n) is 1.68. The molecule has 7 nitrogen and oxygen atoms in total. The third kappa shape index (κ3) is 5.86. The number of imide groups is 1. The van der Waals surface area contributed by atoms with Gasteiger partial charge in [-0.3, -0.25) is 15.2 Å². The van der Waals surface area contributed by atoms with Crippen LogP contribution >= 0.6 is 23.4 Å². The summed E-state index contributed by atoms with van der Waals surface area (Å²) in [6.07, 6.45) is 0. The molecule has 24 heavy (non-hydrogen) atoms. The van der Waals surface area contributed by atoms with Crippen molar-refractivity contribution < 1.29 is 9.59 Å². The van der Waals surface area contributed by atoms with E-state index in [1.807, 2.05) is 26.0 Å². The second-order valence-corrected chi connectivity index (χ2v) is 6.79. The average molecular weight is 368 g/mol. The molecule has 0 unspecified atom stereocenters. The Balaban J connectivity index is 1.81. The number of rotatable bonds is 6. The van der Waals surface area contributed by atoms with Crippen LogP contribution in [0, 0.1) is 5.92 Å². The van der Waals surface area contributed by atoms with Crippen LogP contribution in [-0.2, 0) is 4.79 Å². The highest BCUT2D eigenvalue weighted by Gasteiger charge is 2.11. The summed E-state index contributed by atoms with van der Waals surface area (Å²) < 4.78 is 0. The van der Waals surface area contributed by atoms with E-state index in [1.54, 1.807) is 12.1 Å². The Hall–Kier alpha value is -2.06. The van der Waals surface area contributed by atoms with Crippen LogP contribution in [0.3, 0.4) is 0 Å². The molecule has 1 heterocycles. The van der Waals surface area contributed by atoms with Gasteiger partial charge in [0.2, 0.25) is 11.1 Å². The highest BCUT2D eigenvalue weighted by atomic mass is 35.5. The molecule has 0 aliphatic heterocycles. The lowest BCUT2D eigenvalue weighted by Gasteiger charge is -2.07. The molecule has 0 saturated heterocycles. The van der Waals surface area contributed by atoms with E-state index in [4.69, 9.17) is 11.6 Å². The van der Waals surface area contributed by atoms with Gasteiger partial charge in [-0.2, -0.15) is 0 Å². The number of hydrogen-bond donors (Lipinski definition) is 3. The minimum absolute atomic E-state index is 0.0486. The highest BCUT2D eigenvalue weighted by Crippen LogP contribution is 2.20. The first-order valence-electron chi connectivity index (χ1n) is 7.33. The molecule has 2 aromatic rings. The Morgan fingerprint density at radius 2 is 2.00 bits per heavy atom. The predicted octanol–water partition coefficient (Wildman–Crippen LogP) is 2.70. The van der Waals surface area contributed by atoms with Crippen molar-refractivity contribution in [1.29, 1.82) is 0 Å². The van der Waals surface area contributed by atoms with Gasteiger partial charge in [0.15, 0.2) is 5.82 Å². The average Bonchev–Trinajstić information content (AvgIpc) is 3.00. The highest BCUT2D eigenvalue weighted by molar-refractivity contribution is 7.99. The zero-order valence-corrected chi connectivity index (χ0v) is 14.9. The molecule has 1 aromatic heterocycles. The molecule has 3 amide bonds. The summed E-state index contributed by atoms with van der Waals surface area (Å²) in [5.41, 5.74) is 0.844. The number of urea groups is 1. The number of carbonyl (C=O) groups is 2. The van der Waals surface area contributed by atoms with Crippen molar-refractivity contribution in [3.8, 4) is 11.4 Å². The van der Waals surface area contributed by atoms with Crippen molar-refractivity contribution >= 4 is 35.3 Å². The van der Waals surface area contributed by atoms with Crippen LogP contribution in [0.4, 0.5) is 4.79 Å². The molecule has 0 aliphatic rings. The summed E-state index contributed by atoms with van der Waals surface area (Å²) in [5, 5.41) is 12.8. The van der Waals surface area contributed by atoms with E-state index in [2.05, 4.69) is 25.8 Å². The number of H-pyrrole nitrogens is 1. The number of thioether (sulfide) groups is 1. The number of hydrogen-bond acceptors (Lipinski definition) is 5. The lowest BCUT2D eigenvalue weighted by atomic mass is 10.2. The van der Waals surface area contributed by atoms with Crippen molar-refractivity contribution in [3.05, 3.63) is 29.3 Å². The summed E-state index contributed by atoms with van der Waals surface area (Å²) in [4.78, 5) is 27.5. The molecule has 0 saturated carbocycles. The SMILES string of the molecule is CC(C)CNC(=O)NC(=O)CSc1n[nH]c(-c2ccc(Cl)cc2)n1. The first-order valence-corrected chi connectivity index (χ1v) is 8.69. The zero-order valence-electron chi connectivity index (χ0n) is 13.3. The Morgan fingerprint density at radius 1 is 1.29 bits per heavy atom. The maximum absolute atomic E-state index is 11.7. The van der Waals surface area contributed by atoms with Crippen molar-refractivity contribution in [1.82, 2.24) is 25.8 Å². The van der Waals surface area contributed by atoms with Crippen LogP contribution in [0.1, 0.15) is 13.8 Å². The van der Waals surface area contributed by atoms with Crippen LogP contribution in [-0.4, -0.2) is 39.4 Å². The van der Waals surface area contributed by atoms with Crippen LogP contribution in [0.15, 0.2) is 29.4 Å². The van der Waals surface area contributed by atoms with Gasteiger partial charge in [-0.25, -0.2) is 9.78 Å². The molecule has 0 radical (unpaired) electrons. The minimum Gasteiger partial charge on any atom is -0.338 e. The molecular formula is C15H18ClN5O2S. The quantitative estimate of drug-likeness (QED) is 0.681. The van der Waals surface area contributed by atoms with Crippen molar-refractivity contribution in [2.45, 2.75) is 19.0 Å². The number of benzene rings is 1. The Labute approximate surface area is 149 Å². The van der Waals surface area contributed by atoms with Gasteiger partial charge in [0.1, 0.15) is 0 Å². The van der Waals surface area contributed by atoms with E-state index in [-0.39, 0.29) is 5.75 Å². The van der Waals surface area contributed by atoms with Crippen molar-refractivity contribution in [2.75, 3.05) is 12.3 Å². The van der Waals surface area contributed by atoms with Gasteiger partial charge in [-0.05, 0) is 30.2 Å². The van der Waals surface area contributed by atoms with Crippen molar-refractivity contribution in [2.24, 2.45) is 5.92 Å². The van der Waals surface area contributed by atoms with Gasteiger partial charge in [0.25, 0.3) is 0 Å². The Bertz CT molecular complexity index is 702. The summed E-state index contributed by atoms with van der Waals surface area (Å²) in [6, 6.07) is 6.67. The number of amides is 3. The van der Waals surface area contributed by atoms with Gasteiger partial charge in [-0.1, -0.05) is 37.2 Å². The number of aromatic nitrogens is 3. The standard InChI is InChI=1S/C15H18ClN5O2S/c1-9(2)7-17-14(23)18-12(22)8-24-15-19-13(20-21-15)10-3-5-11(16)6-4-10/h3-6,9H,7-8H2,1-2H3,(H,19,20,21)(H2,17,18,22,23). The first-order chi connectivity index (χ1) is 11.4. The maximum Gasteiger partial charge on any atom is 0.321 e. The molecule has 9 heteroatoms. The lowest BCUT2D eigenvalue weighted by molar-refractivity contribution is -0.117. The van der Waals surface area contributed by atoms with E-state index in [1.165, 1.54) is 0 Å². The number of carbonyl (C=O) groups excluding carboxylic acids is 2. The molecule has 1 aromatic carbocycles. The number of aromatic amines is 1. The maximum atomic E-state index is 11.7. The largest absolute Gasteiger partial charge is 0.338 e. The first kappa shape index (κ1) is 18.3. The van der Waals surface area contributed by atoms with Gasteiger partial charge in [0.05, 0.1) is 5.75 Å². The summed E-state index contributed by atoms with van der Waals surface area (Å²) in [6.45, 7) is 4.45. The summed E-state index contributed by atoms with van der Waals surface area (Å²) >= 11 is 6.98. The second kappa shape index (κ2) is 8.70. The minimum atomic E-state index is -0.494. The molecule has 3 N–H and O–H groups in total. The molecule has 0 aliphatic carbocycles. The second-order valence-electron chi connectivity index (χ2n) is 5.41. The Morgan fingerprint density at radius 3 is 2.67 bits per heavy atom. The van der Waals surface area contributed by atoms with Crippen LogP contribution in [0.2, 0.25) is 5.02 Å². The zero-order chi connectivity index (χ0) is 17.5. The third-order valence-electron chi connectivity index (χ3n) is 2.84. The van der Waals surface area contributed by atoms with Crippen LogP contribution < -0.4 is 10.6 Å². The normalized spacial score (nSPS) is 10.7. The molecular weight excluding hydrogens is 350 g/mol. The molecule has 0 fully saturated rings. The van der Waals surface area contributed by atoms with Crippen LogP contribution in [0.25, 0.3) is 11.4 Å². The molecule has 2 rings (SSSR count). The third-order valence-corrected chi connectivity index (χ3v) is 3.94. The number of halogens is 1. The fraction of sp³-hybridized carbons (Fsp3) is 0.333. The smallest absolute Gasteiger partial charge is 0.321 e. The number of nitrogens with zero attached hydrogens (tertiary/aromatic N) is 2. The van der Waals surface area contributed by atoms with Crippen molar-refractivity contribution in [3.63, 3.8) is 0 Å². The van der Waals surface area contributed by atoms with Gasteiger partial charge < -0.3 is 5.32 Å². The number of nitrogens with one attached hydrogen (secondary N) is 3. The van der Waals surface area contributed by atoms with E-state index in [0.717, 1.165) is 17.3 Å². The van der Waals surface area contributed by atoms with E-state index < -0.39 is 11.9 Å². The fourth-order valence-corrected chi connectivity index (χ4v) is 2.41. The molecule has 0 atom stereocenters. The van der Waals surface area contributed by atoms with E-state index >= 15 is 0 Å². The van der Waals surface area contributed by atoms with Crippen LogP contribution in [0.5, 0.6) is 0 Å². The monoisotopic (exact) mass is 367 g/mol.